The predicted molar refractivity (Wildman–Crippen MR) is 114 cm³/mol. The Balaban J connectivity index is 1.83. The molecule has 1 heterocycles. The fourth-order valence-electron chi connectivity index (χ4n) is 3.77. The maximum atomic E-state index is 13.1. The fourth-order valence-corrected chi connectivity index (χ4v) is 3.77. The third kappa shape index (κ3) is 5.33. The van der Waals surface area contributed by atoms with Crippen molar-refractivity contribution >= 4 is 11.8 Å². The lowest BCUT2D eigenvalue weighted by atomic mass is 9.94. The standard InChI is InChI=1S/C24H28N2O3/c1-3-12-25-13-14-26(23(27)18-29-2)17-22(24(25)28)16-19-8-7-11-21(15-19)20-9-5-4-6-10-20/h3-11,15,22H,1,12-14,16-18H2,2H3. The van der Waals surface area contributed by atoms with Gasteiger partial charge in [0, 0.05) is 33.3 Å². The molecule has 1 saturated heterocycles. The number of benzene rings is 2. The molecule has 29 heavy (non-hydrogen) atoms. The van der Waals surface area contributed by atoms with Crippen LogP contribution in [0.5, 0.6) is 0 Å². The predicted octanol–water partition coefficient (Wildman–Crippen LogP) is 3.02. The number of carbonyl (C=O) groups excluding carboxylic acids is 2. The van der Waals surface area contributed by atoms with Gasteiger partial charge in [-0.05, 0) is 23.1 Å². The zero-order valence-corrected chi connectivity index (χ0v) is 16.9. The second-order valence-corrected chi connectivity index (χ2v) is 7.31. The van der Waals surface area contributed by atoms with Crippen molar-refractivity contribution in [1.29, 1.82) is 0 Å². The molecule has 0 radical (unpaired) electrons. The van der Waals surface area contributed by atoms with E-state index in [9.17, 15) is 9.59 Å². The van der Waals surface area contributed by atoms with Gasteiger partial charge >= 0.3 is 0 Å². The largest absolute Gasteiger partial charge is 0.375 e. The van der Waals surface area contributed by atoms with Crippen LogP contribution in [0.3, 0.4) is 0 Å². The average Bonchev–Trinajstić information content (AvgIpc) is 2.89. The van der Waals surface area contributed by atoms with E-state index < -0.39 is 0 Å². The lowest BCUT2D eigenvalue weighted by Gasteiger charge is -2.23. The van der Waals surface area contributed by atoms with Gasteiger partial charge in [-0.25, -0.2) is 0 Å². The Hall–Kier alpha value is -2.92. The van der Waals surface area contributed by atoms with Crippen LogP contribution < -0.4 is 0 Å². The smallest absolute Gasteiger partial charge is 0.248 e. The van der Waals surface area contributed by atoms with E-state index >= 15 is 0 Å². The van der Waals surface area contributed by atoms with Crippen molar-refractivity contribution in [3.8, 4) is 11.1 Å². The Morgan fingerprint density at radius 1 is 1.14 bits per heavy atom. The van der Waals surface area contributed by atoms with E-state index in [0.717, 1.165) is 16.7 Å². The second kappa shape index (κ2) is 10.0. The summed E-state index contributed by atoms with van der Waals surface area (Å²) in [4.78, 5) is 29.1. The number of hydrogen-bond acceptors (Lipinski definition) is 3. The lowest BCUT2D eigenvalue weighted by molar-refractivity contribution is -0.136. The van der Waals surface area contributed by atoms with Gasteiger partial charge in [-0.2, -0.15) is 0 Å². The maximum Gasteiger partial charge on any atom is 0.248 e. The van der Waals surface area contributed by atoms with Gasteiger partial charge in [-0.15, -0.1) is 6.58 Å². The van der Waals surface area contributed by atoms with Crippen LogP contribution in [0.1, 0.15) is 5.56 Å². The van der Waals surface area contributed by atoms with Gasteiger partial charge in [0.25, 0.3) is 0 Å². The van der Waals surface area contributed by atoms with E-state index in [2.05, 4.69) is 30.8 Å². The first-order chi connectivity index (χ1) is 14.1. The molecule has 2 amide bonds. The summed E-state index contributed by atoms with van der Waals surface area (Å²) >= 11 is 0. The highest BCUT2D eigenvalue weighted by Gasteiger charge is 2.31. The topological polar surface area (TPSA) is 49.9 Å². The highest BCUT2D eigenvalue weighted by atomic mass is 16.5. The van der Waals surface area contributed by atoms with E-state index in [1.165, 1.54) is 7.11 Å². The summed E-state index contributed by atoms with van der Waals surface area (Å²) in [5, 5.41) is 0. The number of hydrogen-bond donors (Lipinski definition) is 0. The van der Waals surface area contributed by atoms with Crippen molar-refractivity contribution < 1.29 is 14.3 Å². The van der Waals surface area contributed by atoms with Crippen LogP contribution in [0.2, 0.25) is 0 Å². The minimum Gasteiger partial charge on any atom is -0.375 e. The first kappa shape index (κ1) is 20.8. The van der Waals surface area contributed by atoms with Gasteiger partial charge < -0.3 is 14.5 Å². The zero-order valence-electron chi connectivity index (χ0n) is 16.9. The lowest BCUT2D eigenvalue weighted by Crippen LogP contribution is -2.39. The molecule has 2 aromatic rings. The molecule has 1 unspecified atom stereocenters. The van der Waals surface area contributed by atoms with Crippen LogP contribution in [0, 0.1) is 5.92 Å². The molecular weight excluding hydrogens is 364 g/mol. The highest BCUT2D eigenvalue weighted by Crippen LogP contribution is 2.23. The minimum absolute atomic E-state index is 0.0336. The fraction of sp³-hybridized carbons (Fsp3) is 0.333. The van der Waals surface area contributed by atoms with Crippen LogP contribution in [-0.2, 0) is 20.7 Å². The molecule has 0 aromatic heterocycles. The van der Waals surface area contributed by atoms with Gasteiger partial charge in [0.05, 0.1) is 5.92 Å². The molecule has 0 aliphatic carbocycles. The molecule has 1 atom stereocenters. The number of nitrogens with zero attached hydrogens (tertiary/aromatic N) is 2. The SMILES string of the molecule is C=CCN1CCN(C(=O)COC)CC(Cc2cccc(-c3ccccc3)c2)C1=O. The molecule has 0 N–H and O–H groups in total. The van der Waals surface area contributed by atoms with Gasteiger partial charge in [-0.1, -0.05) is 60.7 Å². The van der Waals surface area contributed by atoms with Crippen molar-refractivity contribution in [2.75, 3.05) is 39.9 Å². The monoisotopic (exact) mass is 392 g/mol. The van der Waals surface area contributed by atoms with Crippen molar-refractivity contribution in [3.63, 3.8) is 0 Å². The summed E-state index contributed by atoms with van der Waals surface area (Å²) in [6, 6.07) is 18.5. The third-order valence-electron chi connectivity index (χ3n) is 5.23. The summed E-state index contributed by atoms with van der Waals surface area (Å²) in [5.41, 5.74) is 3.36. The normalized spacial score (nSPS) is 17.1. The zero-order chi connectivity index (χ0) is 20.6. The van der Waals surface area contributed by atoms with Crippen LogP contribution in [0.15, 0.2) is 67.3 Å². The van der Waals surface area contributed by atoms with E-state index in [4.69, 9.17) is 4.74 Å². The van der Waals surface area contributed by atoms with Crippen LogP contribution in [-0.4, -0.2) is 61.5 Å². The summed E-state index contributed by atoms with van der Waals surface area (Å²) in [5.74, 6) is -0.296. The average molecular weight is 392 g/mol. The Kier molecular flexibility index (Phi) is 7.19. The van der Waals surface area contributed by atoms with Crippen molar-refractivity contribution in [1.82, 2.24) is 9.80 Å². The minimum atomic E-state index is -0.288. The first-order valence-electron chi connectivity index (χ1n) is 9.93. The summed E-state index contributed by atoms with van der Waals surface area (Å²) in [6.07, 6.45) is 2.32. The molecule has 1 fully saturated rings. The Labute approximate surface area is 172 Å². The summed E-state index contributed by atoms with van der Waals surface area (Å²) in [6.45, 7) is 5.73. The van der Waals surface area contributed by atoms with Crippen LogP contribution in [0.4, 0.5) is 0 Å². The highest BCUT2D eigenvalue weighted by molar-refractivity contribution is 5.83. The molecule has 0 spiro atoms. The van der Waals surface area contributed by atoms with E-state index in [1.807, 2.05) is 30.3 Å². The van der Waals surface area contributed by atoms with Gasteiger partial charge in [0.15, 0.2) is 0 Å². The number of methoxy groups -OCH3 is 1. The molecule has 0 saturated carbocycles. The number of rotatable bonds is 7. The molecule has 3 rings (SSSR count). The number of ether oxygens (including phenoxy) is 1. The van der Waals surface area contributed by atoms with Crippen LogP contribution in [0.25, 0.3) is 11.1 Å². The number of amides is 2. The molecule has 2 aromatic carbocycles. The molecule has 0 bridgehead atoms. The van der Waals surface area contributed by atoms with E-state index in [1.54, 1.807) is 15.9 Å². The van der Waals surface area contributed by atoms with Gasteiger partial charge in [-0.3, -0.25) is 9.59 Å². The second-order valence-electron chi connectivity index (χ2n) is 7.31. The maximum absolute atomic E-state index is 13.1. The summed E-state index contributed by atoms with van der Waals surface area (Å²) in [7, 11) is 1.51. The van der Waals surface area contributed by atoms with Gasteiger partial charge in [0.1, 0.15) is 6.61 Å². The molecule has 5 heteroatoms. The molecule has 1 aliphatic rings. The van der Waals surface area contributed by atoms with Gasteiger partial charge in [0.2, 0.25) is 11.8 Å². The Morgan fingerprint density at radius 3 is 2.62 bits per heavy atom. The summed E-state index contributed by atoms with van der Waals surface area (Å²) < 4.78 is 5.01. The molecule has 152 valence electrons. The Bertz CT molecular complexity index is 850. The molecular formula is C24H28N2O3. The molecule has 5 nitrogen and oxygen atoms in total. The Morgan fingerprint density at radius 2 is 1.90 bits per heavy atom. The molecule has 1 aliphatic heterocycles. The van der Waals surface area contributed by atoms with Crippen molar-refractivity contribution in [2.45, 2.75) is 6.42 Å². The first-order valence-corrected chi connectivity index (χ1v) is 9.93. The third-order valence-corrected chi connectivity index (χ3v) is 5.23. The van der Waals surface area contributed by atoms with E-state index in [-0.39, 0.29) is 24.3 Å². The van der Waals surface area contributed by atoms with Crippen molar-refractivity contribution in [3.05, 3.63) is 72.8 Å². The van der Waals surface area contributed by atoms with E-state index in [0.29, 0.717) is 32.6 Å². The quantitative estimate of drug-likeness (QED) is 0.681. The number of carbonyl (C=O) groups is 2. The van der Waals surface area contributed by atoms with Crippen molar-refractivity contribution in [2.24, 2.45) is 5.92 Å². The van der Waals surface area contributed by atoms with Crippen LogP contribution >= 0.6 is 0 Å².